The van der Waals surface area contributed by atoms with Crippen LogP contribution in [-0.4, -0.2) is 33.3 Å². The van der Waals surface area contributed by atoms with E-state index in [0.717, 1.165) is 16.7 Å². The maximum absolute atomic E-state index is 15.0. The first-order valence-electron chi connectivity index (χ1n) is 12.1. The molecule has 0 fully saturated rings. The third kappa shape index (κ3) is 4.63. The van der Waals surface area contributed by atoms with Crippen molar-refractivity contribution >= 4 is 0 Å². The van der Waals surface area contributed by atoms with Gasteiger partial charge in [0.1, 0.15) is 34.9 Å². The molecule has 9 heteroatoms. The van der Waals surface area contributed by atoms with Crippen molar-refractivity contribution in [1.82, 2.24) is 10.1 Å². The van der Waals surface area contributed by atoms with E-state index in [1.807, 2.05) is 36.4 Å². The topological polar surface area (TPSA) is 107 Å². The van der Waals surface area contributed by atoms with Gasteiger partial charge in [-0.25, -0.2) is 4.39 Å². The van der Waals surface area contributed by atoms with Crippen molar-refractivity contribution in [3.05, 3.63) is 83.0 Å². The number of nitrogens with zero attached hydrogens (tertiary/aromatic N) is 2. The lowest BCUT2D eigenvalue weighted by molar-refractivity contribution is -0.0506. The number of rotatable bonds is 7. The highest BCUT2D eigenvalue weighted by molar-refractivity contribution is 5.56. The van der Waals surface area contributed by atoms with E-state index < -0.39 is 12.4 Å². The number of aliphatic hydroxyl groups is 2. The van der Waals surface area contributed by atoms with Gasteiger partial charge in [-0.05, 0) is 55.3 Å². The minimum atomic E-state index is -1.39. The molecule has 1 aromatic heterocycles. The van der Waals surface area contributed by atoms with Gasteiger partial charge in [0.25, 0.3) is 0 Å². The summed E-state index contributed by atoms with van der Waals surface area (Å²) < 4.78 is 38.1. The zero-order valence-corrected chi connectivity index (χ0v) is 20.1. The van der Waals surface area contributed by atoms with Crippen LogP contribution in [0.5, 0.6) is 23.0 Å². The number of aryl methyl sites for hydroxylation is 1. The van der Waals surface area contributed by atoms with E-state index in [0.29, 0.717) is 59.7 Å². The molecule has 0 spiro atoms. The van der Waals surface area contributed by atoms with Gasteiger partial charge in [0, 0.05) is 47.6 Å². The SMILES string of the molecule is Cc1nc(-c2ccc(Oc3ccc(F)c4c3CCC4Oc3ccc4c(c3)OCC4CC(O)O)cc2)no1. The summed E-state index contributed by atoms with van der Waals surface area (Å²) in [6.07, 6.45) is -0.420. The molecule has 0 saturated carbocycles. The average molecular weight is 505 g/mol. The van der Waals surface area contributed by atoms with Crippen LogP contribution in [0, 0.1) is 12.7 Å². The first-order valence-corrected chi connectivity index (χ1v) is 12.1. The maximum Gasteiger partial charge on any atom is 0.223 e. The Kier molecular flexibility index (Phi) is 6.02. The Hall–Kier alpha value is -3.95. The highest BCUT2D eigenvalue weighted by atomic mass is 19.1. The summed E-state index contributed by atoms with van der Waals surface area (Å²) in [4.78, 5) is 4.23. The second kappa shape index (κ2) is 9.49. The Morgan fingerprint density at radius 3 is 2.65 bits per heavy atom. The lowest BCUT2D eigenvalue weighted by Crippen LogP contribution is -2.12. The van der Waals surface area contributed by atoms with E-state index in [2.05, 4.69) is 10.1 Å². The second-order valence-corrected chi connectivity index (χ2v) is 9.27. The summed E-state index contributed by atoms with van der Waals surface area (Å²) in [6, 6.07) is 15.8. The van der Waals surface area contributed by atoms with Gasteiger partial charge >= 0.3 is 0 Å². The van der Waals surface area contributed by atoms with Gasteiger partial charge < -0.3 is 28.9 Å². The Morgan fingerprint density at radius 2 is 1.89 bits per heavy atom. The maximum atomic E-state index is 15.0. The van der Waals surface area contributed by atoms with E-state index in [1.165, 1.54) is 6.07 Å². The van der Waals surface area contributed by atoms with Crippen LogP contribution in [-0.2, 0) is 6.42 Å². The van der Waals surface area contributed by atoms with E-state index >= 15 is 0 Å². The van der Waals surface area contributed by atoms with E-state index in [9.17, 15) is 14.6 Å². The number of hydrogen-bond donors (Lipinski definition) is 2. The molecule has 6 rings (SSSR count). The largest absolute Gasteiger partial charge is 0.493 e. The number of benzene rings is 3. The molecule has 190 valence electrons. The summed E-state index contributed by atoms with van der Waals surface area (Å²) >= 11 is 0. The molecule has 2 N–H and O–H groups in total. The molecule has 8 nitrogen and oxygen atoms in total. The van der Waals surface area contributed by atoms with Crippen molar-refractivity contribution < 1.29 is 33.3 Å². The smallest absolute Gasteiger partial charge is 0.223 e. The quantitative estimate of drug-likeness (QED) is 0.330. The summed E-state index contributed by atoms with van der Waals surface area (Å²) in [5.74, 6) is 3.00. The van der Waals surface area contributed by atoms with Crippen LogP contribution in [0.4, 0.5) is 4.39 Å². The Balaban J connectivity index is 1.19. The first kappa shape index (κ1) is 23.4. The third-order valence-corrected chi connectivity index (χ3v) is 6.75. The molecule has 0 amide bonds. The molecule has 2 heterocycles. The predicted octanol–water partition coefficient (Wildman–Crippen LogP) is 5.22. The molecular formula is C28H25FN2O6. The fourth-order valence-electron chi connectivity index (χ4n) is 5.02. The fourth-order valence-corrected chi connectivity index (χ4v) is 5.02. The molecule has 0 bridgehead atoms. The van der Waals surface area contributed by atoms with Gasteiger partial charge in [-0.15, -0.1) is 0 Å². The monoisotopic (exact) mass is 504 g/mol. The van der Waals surface area contributed by atoms with E-state index in [-0.39, 0.29) is 18.2 Å². The van der Waals surface area contributed by atoms with Gasteiger partial charge in [0.05, 0.1) is 6.61 Å². The predicted molar refractivity (Wildman–Crippen MR) is 130 cm³/mol. The van der Waals surface area contributed by atoms with Gasteiger partial charge in [0.2, 0.25) is 11.7 Å². The van der Waals surface area contributed by atoms with Gasteiger partial charge in [0.15, 0.2) is 6.29 Å². The number of halogens is 1. The minimum absolute atomic E-state index is 0.0844. The average Bonchev–Trinajstić information content (AvgIpc) is 3.61. The molecule has 3 aromatic carbocycles. The zero-order chi connectivity index (χ0) is 25.5. The number of fused-ring (bicyclic) bond motifs is 2. The minimum Gasteiger partial charge on any atom is -0.493 e. The Labute approximate surface area is 212 Å². The van der Waals surface area contributed by atoms with Crippen molar-refractivity contribution in [3.63, 3.8) is 0 Å². The second-order valence-electron chi connectivity index (χ2n) is 9.27. The van der Waals surface area contributed by atoms with Crippen LogP contribution in [0.3, 0.4) is 0 Å². The molecule has 1 aliphatic carbocycles. The Morgan fingerprint density at radius 1 is 1.08 bits per heavy atom. The number of hydrogen-bond acceptors (Lipinski definition) is 8. The van der Waals surface area contributed by atoms with Crippen molar-refractivity contribution in [2.24, 2.45) is 0 Å². The molecule has 4 aromatic rings. The summed E-state index contributed by atoms with van der Waals surface area (Å²) in [6.45, 7) is 2.12. The van der Waals surface area contributed by atoms with Gasteiger partial charge in [-0.2, -0.15) is 4.98 Å². The summed E-state index contributed by atoms with van der Waals surface area (Å²) in [7, 11) is 0. The lowest BCUT2D eigenvalue weighted by atomic mass is 9.97. The van der Waals surface area contributed by atoms with Gasteiger partial charge in [-0.1, -0.05) is 11.2 Å². The first-order chi connectivity index (χ1) is 17.9. The van der Waals surface area contributed by atoms with Crippen molar-refractivity contribution in [3.8, 4) is 34.4 Å². The third-order valence-electron chi connectivity index (χ3n) is 6.75. The number of ether oxygens (including phenoxy) is 3. The van der Waals surface area contributed by atoms with E-state index in [1.54, 1.807) is 19.1 Å². The molecule has 0 radical (unpaired) electrons. The van der Waals surface area contributed by atoms with Crippen LogP contribution >= 0.6 is 0 Å². The molecule has 37 heavy (non-hydrogen) atoms. The molecule has 2 atom stereocenters. The van der Waals surface area contributed by atoms with Crippen LogP contribution in [0.1, 0.15) is 47.4 Å². The van der Waals surface area contributed by atoms with Crippen molar-refractivity contribution in [2.45, 2.75) is 44.5 Å². The number of aromatic nitrogens is 2. The molecule has 2 unspecified atom stereocenters. The summed E-state index contributed by atoms with van der Waals surface area (Å²) in [5, 5.41) is 22.5. The molecule has 2 aliphatic rings. The molecular weight excluding hydrogens is 479 g/mol. The van der Waals surface area contributed by atoms with Gasteiger partial charge in [-0.3, -0.25) is 0 Å². The van der Waals surface area contributed by atoms with Crippen molar-refractivity contribution in [1.29, 1.82) is 0 Å². The molecule has 1 aliphatic heterocycles. The van der Waals surface area contributed by atoms with E-state index in [4.69, 9.17) is 18.7 Å². The highest BCUT2D eigenvalue weighted by Crippen LogP contribution is 2.44. The lowest BCUT2D eigenvalue weighted by Gasteiger charge is -2.17. The van der Waals surface area contributed by atoms with Crippen molar-refractivity contribution in [2.75, 3.05) is 6.61 Å². The van der Waals surface area contributed by atoms with Crippen LogP contribution in [0.15, 0.2) is 59.1 Å². The van der Waals surface area contributed by atoms with Crippen LogP contribution < -0.4 is 14.2 Å². The van der Waals surface area contributed by atoms with Crippen LogP contribution in [0.25, 0.3) is 11.4 Å². The standard InChI is InChI=1S/C28H25FN2O6/c1-15-30-28(31-37-15)16-2-4-18(5-3-16)35-23-11-9-22(29)27-21(23)8-10-24(27)36-19-6-7-20-17(12-26(32)33)14-34-25(20)13-19/h2-7,9,11,13,17,24,26,32-33H,8,10,12,14H2,1H3. The highest BCUT2D eigenvalue weighted by Gasteiger charge is 2.32. The normalized spacial score (nSPS) is 18.0. The fraction of sp³-hybridized carbons (Fsp3) is 0.286. The molecule has 0 saturated heterocycles. The zero-order valence-electron chi connectivity index (χ0n) is 20.1. The Bertz CT molecular complexity index is 1440. The van der Waals surface area contributed by atoms with Crippen LogP contribution in [0.2, 0.25) is 0 Å². The number of aliphatic hydroxyl groups excluding tert-OH is 1. The summed E-state index contributed by atoms with van der Waals surface area (Å²) in [5.41, 5.74) is 3.00.